The largest absolute Gasteiger partial charge is 0.461 e. The molecule has 1 aromatic heterocycles. The second kappa shape index (κ2) is 4.83. The van der Waals surface area contributed by atoms with Gasteiger partial charge in [0.1, 0.15) is 11.3 Å². The molecule has 16 heavy (non-hydrogen) atoms. The summed E-state index contributed by atoms with van der Waals surface area (Å²) in [6.07, 6.45) is 2.98. The monoisotopic (exact) mass is 280 g/mol. The van der Waals surface area contributed by atoms with Crippen molar-refractivity contribution in [2.45, 2.75) is 26.2 Å². The standard InChI is InChI=1S/C13H13BrO2/c1-2-3-4-10-8-12(15)11-7-9(14)5-6-13(11)16-10/h5-8H,2-4H2,1H3. The quantitative estimate of drug-likeness (QED) is 0.854. The van der Waals surface area contributed by atoms with Gasteiger partial charge in [0.2, 0.25) is 0 Å². The van der Waals surface area contributed by atoms with Crippen molar-refractivity contribution in [3.8, 4) is 0 Å². The van der Waals surface area contributed by atoms with Crippen molar-refractivity contribution in [2.75, 3.05) is 0 Å². The van der Waals surface area contributed by atoms with Gasteiger partial charge in [0.05, 0.1) is 5.39 Å². The van der Waals surface area contributed by atoms with Crippen molar-refractivity contribution < 1.29 is 4.42 Å². The van der Waals surface area contributed by atoms with Gasteiger partial charge in [0.15, 0.2) is 5.43 Å². The molecule has 0 bridgehead atoms. The number of rotatable bonds is 3. The van der Waals surface area contributed by atoms with Crippen LogP contribution in [-0.2, 0) is 6.42 Å². The Bertz CT molecular complexity index is 557. The molecule has 0 saturated heterocycles. The highest BCUT2D eigenvalue weighted by atomic mass is 79.9. The fourth-order valence-corrected chi connectivity index (χ4v) is 2.01. The first-order valence-electron chi connectivity index (χ1n) is 5.43. The highest BCUT2D eigenvalue weighted by Gasteiger charge is 2.04. The van der Waals surface area contributed by atoms with Gasteiger partial charge in [0, 0.05) is 17.0 Å². The first-order chi connectivity index (χ1) is 7.70. The number of hydrogen-bond donors (Lipinski definition) is 0. The van der Waals surface area contributed by atoms with Crippen LogP contribution < -0.4 is 5.43 Å². The Balaban J connectivity index is 2.51. The van der Waals surface area contributed by atoms with E-state index in [9.17, 15) is 4.79 Å². The van der Waals surface area contributed by atoms with Crippen molar-refractivity contribution in [1.29, 1.82) is 0 Å². The molecule has 0 fully saturated rings. The van der Waals surface area contributed by atoms with Crippen LogP contribution in [0.3, 0.4) is 0 Å². The minimum absolute atomic E-state index is 0.0358. The van der Waals surface area contributed by atoms with Crippen LogP contribution >= 0.6 is 15.9 Å². The summed E-state index contributed by atoms with van der Waals surface area (Å²) in [5.74, 6) is 0.779. The molecule has 0 atom stereocenters. The Morgan fingerprint density at radius 1 is 1.31 bits per heavy atom. The third-order valence-corrected chi connectivity index (χ3v) is 3.01. The summed E-state index contributed by atoms with van der Waals surface area (Å²) in [5.41, 5.74) is 0.704. The number of unbranched alkanes of at least 4 members (excludes halogenated alkanes) is 1. The van der Waals surface area contributed by atoms with Gasteiger partial charge in [-0.2, -0.15) is 0 Å². The summed E-state index contributed by atoms with van der Waals surface area (Å²) in [5, 5.41) is 0.634. The van der Waals surface area contributed by atoms with Gasteiger partial charge in [-0.15, -0.1) is 0 Å². The van der Waals surface area contributed by atoms with Crippen LogP contribution in [0.25, 0.3) is 11.0 Å². The summed E-state index contributed by atoms with van der Waals surface area (Å²) >= 11 is 3.35. The molecule has 0 unspecified atom stereocenters. The molecule has 3 heteroatoms. The molecule has 2 nitrogen and oxygen atoms in total. The Morgan fingerprint density at radius 3 is 2.88 bits per heavy atom. The molecule has 0 aliphatic heterocycles. The lowest BCUT2D eigenvalue weighted by Gasteiger charge is -2.02. The molecule has 2 aromatic rings. The highest BCUT2D eigenvalue weighted by Crippen LogP contribution is 2.18. The Labute approximate surface area is 102 Å². The zero-order chi connectivity index (χ0) is 11.5. The van der Waals surface area contributed by atoms with E-state index in [1.54, 1.807) is 12.1 Å². The molecule has 1 heterocycles. The Hall–Kier alpha value is -1.09. The lowest BCUT2D eigenvalue weighted by atomic mass is 10.1. The van der Waals surface area contributed by atoms with Crippen LogP contribution in [-0.4, -0.2) is 0 Å². The van der Waals surface area contributed by atoms with Crippen LogP contribution in [0.2, 0.25) is 0 Å². The average molecular weight is 281 g/mol. The lowest BCUT2D eigenvalue weighted by molar-refractivity contribution is 0.524. The van der Waals surface area contributed by atoms with Crippen LogP contribution in [0.15, 0.2) is 37.9 Å². The van der Waals surface area contributed by atoms with Crippen LogP contribution in [0, 0.1) is 0 Å². The molecule has 0 saturated carbocycles. The van der Waals surface area contributed by atoms with Gasteiger partial charge in [-0.05, 0) is 24.6 Å². The summed E-state index contributed by atoms with van der Waals surface area (Å²) in [6, 6.07) is 7.11. The molecule has 0 spiro atoms. The van der Waals surface area contributed by atoms with E-state index < -0.39 is 0 Å². The third-order valence-electron chi connectivity index (χ3n) is 2.52. The Kier molecular flexibility index (Phi) is 3.44. The smallest absolute Gasteiger partial charge is 0.192 e. The molecule has 84 valence electrons. The maximum absolute atomic E-state index is 11.8. The lowest BCUT2D eigenvalue weighted by Crippen LogP contribution is -2.02. The van der Waals surface area contributed by atoms with E-state index in [4.69, 9.17) is 4.42 Å². The van der Waals surface area contributed by atoms with Crippen molar-refractivity contribution in [3.63, 3.8) is 0 Å². The zero-order valence-corrected chi connectivity index (χ0v) is 10.7. The number of hydrogen-bond acceptors (Lipinski definition) is 2. The summed E-state index contributed by atoms with van der Waals surface area (Å²) in [7, 11) is 0. The van der Waals surface area contributed by atoms with E-state index in [1.165, 1.54) is 0 Å². The average Bonchev–Trinajstić information content (AvgIpc) is 2.27. The molecule has 2 rings (SSSR count). The number of benzene rings is 1. The first kappa shape index (κ1) is 11.4. The molecule has 1 aromatic carbocycles. The number of fused-ring (bicyclic) bond motifs is 1. The van der Waals surface area contributed by atoms with E-state index in [2.05, 4.69) is 22.9 Å². The molecule has 0 aliphatic rings. The highest BCUT2D eigenvalue weighted by molar-refractivity contribution is 9.10. The topological polar surface area (TPSA) is 30.2 Å². The van der Waals surface area contributed by atoms with Gasteiger partial charge >= 0.3 is 0 Å². The molecule has 0 aliphatic carbocycles. The van der Waals surface area contributed by atoms with Crippen molar-refractivity contribution in [2.24, 2.45) is 0 Å². The summed E-state index contributed by atoms with van der Waals surface area (Å²) < 4.78 is 6.58. The van der Waals surface area contributed by atoms with Gasteiger partial charge < -0.3 is 4.42 Å². The summed E-state index contributed by atoms with van der Waals surface area (Å²) in [6.45, 7) is 2.12. The minimum atomic E-state index is 0.0358. The maximum atomic E-state index is 11.8. The fourth-order valence-electron chi connectivity index (χ4n) is 1.65. The molecule has 0 radical (unpaired) electrons. The predicted molar refractivity (Wildman–Crippen MR) is 68.8 cm³/mol. The molecular weight excluding hydrogens is 268 g/mol. The third kappa shape index (κ3) is 2.35. The van der Waals surface area contributed by atoms with E-state index >= 15 is 0 Å². The van der Waals surface area contributed by atoms with Crippen molar-refractivity contribution in [3.05, 3.63) is 44.7 Å². The number of aryl methyl sites for hydroxylation is 1. The van der Waals surface area contributed by atoms with E-state index in [0.717, 1.165) is 29.5 Å². The van der Waals surface area contributed by atoms with Crippen molar-refractivity contribution >= 4 is 26.9 Å². The maximum Gasteiger partial charge on any atom is 0.192 e. The van der Waals surface area contributed by atoms with Gasteiger partial charge in [-0.25, -0.2) is 0 Å². The number of halogens is 1. The van der Waals surface area contributed by atoms with E-state index in [0.29, 0.717) is 11.0 Å². The first-order valence-corrected chi connectivity index (χ1v) is 6.22. The van der Waals surface area contributed by atoms with Crippen molar-refractivity contribution in [1.82, 2.24) is 0 Å². The second-order valence-corrected chi connectivity index (χ2v) is 4.74. The second-order valence-electron chi connectivity index (χ2n) is 3.82. The van der Waals surface area contributed by atoms with Gasteiger partial charge in [0.25, 0.3) is 0 Å². The van der Waals surface area contributed by atoms with Gasteiger partial charge in [-0.1, -0.05) is 29.3 Å². The molecule has 0 N–H and O–H groups in total. The van der Waals surface area contributed by atoms with E-state index in [-0.39, 0.29) is 5.43 Å². The van der Waals surface area contributed by atoms with Crippen LogP contribution in [0.1, 0.15) is 25.5 Å². The minimum Gasteiger partial charge on any atom is -0.461 e. The molecular formula is C13H13BrO2. The van der Waals surface area contributed by atoms with E-state index in [1.807, 2.05) is 12.1 Å². The SMILES string of the molecule is CCCCc1cc(=O)c2cc(Br)ccc2o1. The Morgan fingerprint density at radius 2 is 2.12 bits per heavy atom. The fraction of sp³-hybridized carbons (Fsp3) is 0.308. The van der Waals surface area contributed by atoms with Crippen LogP contribution in [0.5, 0.6) is 0 Å². The van der Waals surface area contributed by atoms with Gasteiger partial charge in [-0.3, -0.25) is 4.79 Å². The van der Waals surface area contributed by atoms with Crippen LogP contribution in [0.4, 0.5) is 0 Å². The normalized spacial score (nSPS) is 10.9. The predicted octanol–water partition coefficient (Wildman–Crippen LogP) is 3.90. The summed E-state index contributed by atoms with van der Waals surface area (Å²) in [4.78, 5) is 11.8. The zero-order valence-electron chi connectivity index (χ0n) is 9.13. The molecule has 0 amide bonds.